The number of anilines is 2. The van der Waals surface area contributed by atoms with E-state index in [1.807, 2.05) is 0 Å². The maximum Gasteiger partial charge on any atom is 0.187 e. The molecule has 90 valence electrons. The van der Waals surface area contributed by atoms with Crippen LogP contribution < -0.4 is 5.32 Å². The van der Waals surface area contributed by atoms with E-state index in [9.17, 15) is 0 Å². The summed E-state index contributed by atoms with van der Waals surface area (Å²) < 4.78 is 0. The van der Waals surface area contributed by atoms with Crippen molar-refractivity contribution in [1.82, 2.24) is 4.98 Å². The van der Waals surface area contributed by atoms with Crippen LogP contribution in [0.15, 0.2) is 23.6 Å². The second kappa shape index (κ2) is 4.88. The van der Waals surface area contributed by atoms with Crippen LogP contribution in [0.2, 0.25) is 0 Å². The predicted molar refractivity (Wildman–Crippen MR) is 75.4 cm³/mol. The van der Waals surface area contributed by atoms with Crippen LogP contribution in [0.25, 0.3) is 0 Å². The van der Waals surface area contributed by atoms with Crippen LogP contribution in [0.1, 0.15) is 36.6 Å². The third kappa shape index (κ3) is 2.67. The number of nitrogens with one attached hydrogen (secondary N) is 1. The quantitative estimate of drug-likeness (QED) is 0.854. The molecule has 1 aromatic carbocycles. The van der Waals surface area contributed by atoms with Gasteiger partial charge in [0.2, 0.25) is 0 Å². The molecule has 2 nitrogen and oxygen atoms in total. The summed E-state index contributed by atoms with van der Waals surface area (Å²) in [5, 5.41) is 6.49. The van der Waals surface area contributed by atoms with E-state index >= 15 is 0 Å². The van der Waals surface area contributed by atoms with Gasteiger partial charge in [-0.05, 0) is 37.0 Å². The van der Waals surface area contributed by atoms with Gasteiger partial charge in [-0.2, -0.15) is 0 Å². The average Bonchev–Trinajstić information content (AvgIpc) is 2.73. The SMILES string of the molecule is Cc1cccc(Nc2nc(C(C)C)cs2)c1C. The van der Waals surface area contributed by atoms with E-state index in [0.29, 0.717) is 5.92 Å². The molecule has 0 atom stereocenters. The highest BCUT2D eigenvalue weighted by Gasteiger charge is 2.07. The highest BCUT2D eigenvalue weighted by molar-refractivity contribution is 7.13. The number of rotatable bonds is 3. The smallest absolute Gasteiger partial charge is 0.187 e. The number of benzene rings is 1. The maximum atomic E-state index is 4.58. The van der Waals surface area contributed by atoms with Gasteiger partial charge in [0.25, 0.3) is 0 Å². The number of aromatic nitrogens is 1. The molecule has 1 aromatic heterocycles. The molecule has 0 aliphatic heterocycles. The fourth-order valence-corrected chi connectivity index (χ4v) is 2.49. The van der Waals surface area contributed by atoms with E-state index in [4.69, 9.17) is 0 Å². The van der Waals surface area contributed by atoms with Crippen molar-refractivity contribution >= 4 is 22.2 Å². The molecule has 3 heteroatoms. The summed E-state index contributed by atoms with van der Waals surface area (Å²) in [5.41, 5.74) is 4.89. The molecule has 2 rings (SSSR count). The normalized spacial score (nSPS) is 10.9. The third-order valence-electron chi connectivity index (χ3n) is 2.96. The number of thiazole rings is 1. The molecular formula is C14H18N2S. The van der Waals surface area contributed by atoms with Gasteiger partial charge >= 0.3 is 0 Å². The molecule has 0 unspecified atom stereocenters. The van der Waals surface area contributed by atoms with Gasteiger partial charge in [0.1, 0.15) is 0 Å². The minimum atomic E-state index is 0.486. The van der Waals surface area contributed by atoms with E-state index < -0.39 is 0 Å². The van der Waals surface area contributed by atoms with E-state index in [0.717, 1.165) is 16.5 Å². The van der Waals surface area contributed by atoms with Crippen LogP contribution in [0.5, 0.6) is 0 Å². The predicted octanol–water partition coefficient (Wildman–Crippen LogP) is 4.63. The summed E-state index contributed by atoms with van der Waals surface area (Å²) in [4.78, 5) is 4.58. The first kappa shape index (κ1) is 12.1. The Morgan fingerprint density at radius 2 is 2.00 bits per heavy atom. The molecule has 0 saturated carbocycles. The molecule has 0 radical (unpaired) electrons. The minimum Gasteiger partial charge on any atom is -0.331 e. The van der Waals surface area contributed by atoms with E-state index in [1.54, 1.807) is 11.3 Å². The zero-order valence-electron chi connectivity index (χ0n) is 10.7. The maximum absolute atomic E-state index is 4.58. The molecule has 17 heavy (non-hydrogen) atoms. The molecule has 0 saturated heterocycles. The van der Waals surface area contributed by atoms with Crippen molar-refractivity contribution in [2.24, 2.45) is 0 Å². The van der Waals surface area contributed by atoms with Gasteiger partial charge in [-0.3, -0.25) is 0 Å². The lowest BCUT2D eigenvalue weighted by atomic mass is 10.1. The molecule has 0 bridgehead atoms. The summed E-state index contributed by atoms with van der Waals surface area (Å²) in [7, 11) is 0. The van der Waals surface area contributed by atoms with Crippen LogP contribution in [0.4, 0.5) is 10.8 Å². The molecule has 0 aliphatic carbocycles. The highest BCUT2D eigenvalue weighted by atomic mass is 32.1. The molecular weight excluding hydrogens is 228 g/mol. The van der Waals surface area contributed by atoms with Gasteiger partial charge in [-0.25, -0.2) is 4.98 Å². The summed E-state index contributed by atoms with van der Waals surface area (Å²) in [6.07, 6.45) is 0. The Kier molecular flexibility index (Phi) is 3.48. The van der Waals surface area contributed by atoms with Crippen LogP contribution in [0, 0.1) is 13.8 Å². The first-order valence-corrected chi connectivity index (χ1v) is 6.74. The Balaban J connectivity index is 2.22. The first-order valence-electron chi connectivity index (χ1n) is 5.86. The van der Waals surface area contributed by atoms with Crippen molar-refractivity contribution in [2.45, 2.75) is 33.6 Å². The second-order valence-corrected chi connectivity index (χ2v) is 5.46. The fourth-order valence-electron chi connectivity index (χ4n) is 1.61. The van der Waals surface area contributed by atoms with Crippen molar-refractivity contribution in [2.75, 3.05) is 5.32 Å². The van der Waals surface area contributed by atoms with E-state index in [2.05, 4.69) is 61.6 Å². The Hall–Kier alpha value is -1.35. The van der Waals surface area contributed by atoms with Crippen LogP contribution in [0.3, 0.4) is 0 Å². The van der Waals surface area contributed by atoms with Crippen molar-refractivity contribution < 1.29 is 0 Å². The molecule has 0 aliphatic rings. The van der Waals surface area contributed by atoms with Gasteiger partial charge in [0.05, 0.1) is 5.69 Å². The van der Waals surface area contributed by atoms with Crippen molar-refractivity contribution in [1.29, 1.82) is 0 Å². The largest absolute Gasteiger partial charge is 0.331 e. The Morgan fingerprint density at radius 3 is 2.65 bits per heavy atom. The van der Waals surface area contributed by atoms with Crippen molar-refractivity contribution in [3.8, 4) is 0 Å². The summed E-state index contributed by atoms with van der Waals surface area (Å²) in [5.74, 6) is 0.486. The lowest BCUT2D eigenvalue weighted by Crippen LogP contribution is -1.95. The second-order valence-electron chi connectivity index (χ2n) is 4.60. The van der Waals surface area contributed by atoms with Gasteiger partial charge in [-0.15, -0.1) is 11.3 Å². The van der Waals surface area contributed by atoms with Crippen LogP contribution >= 0.6 is 11.3 Å². The molecule has 1 heterocycles. The summed E-state index contributed by atoms with van der Waals surface area (Å²) in [6.45, 7) is 8.59. The molecule has 0 spiro atoms. The zero-order chi connectivity index (χ0) is 12.4. The van der Waals surface area contributed by atoms with Crippen molar-refractivity contribution in [3.63, 3.8) is 0 Å². The number of hydrogen-bond acceptors (Lipinski definition) is 3. The standard InChI is InChI=1S/C14H18N2S/c1-9(2)13-8-17-14(16-13)15-12-7-5-6-10(3)11(12)4/h5-9H,1-4H3,(H,15,16). The number of hydrogen-bond donors (Lipinski definition) is 1. The average molecular weight is 246 g/mol. The first-order chi connectivity index (χ1) is 8.08. The van der Waals surface area contributed by atoms with Gasteiger partial charge in [0.15, 0.2) is 5.13 Å². The van der Waals surface area contributed by atoms with Crippen molar-refractivity contribution in [3.05, 3.63) is 40.4 Å². The lowest BCUT2D eigenvalue weighted by molar-refractivity contribution is 0.834. The van der Waals surface area contributed by atoms with Gasteiger partial charge in [-0.1, -0.05) is 26.0 Å². The van der Waals surface area contributed by atoms with Crippen LogP contribution in [-0.2, 0) is 0 Å². The minimum absolute atomic E-state index is 0.486. The number of nitrogens with zero attached hydrogens (tertiary/aromatic N) is 1. The van der Waals surface area contributed by atoms with Gasteiger partial charge < -0.3 is 5.32 Å². The van der Waals surface area contributed by atoms with E-state index in [1.165, 1.54) is 11.1 Å². The summed E-state index contributed by atoms with van der Waals surface area (Å²) in [6, 6.07) is 6.29. The zero-order valence-corrected chi connectivity index (χ0v) is 11.6. The lowest BCUT2D eigenvalue weighted by Gasteiger charge is -2.08. The molecule has 1 N–H and O–H groups in total. The monoisotopic (exact) mass is 246 g/mol. The highest BCUT2D eigenvalue weighted by Crippen LogP contribution is 2.27. The summed E-state index contributed by atoms with van der Waals surface area (Å²) >= 11 is 1.67. The van der Waals surface area contributed by atoms with Gasteiger partial charge in [0, 0.05) is 11.1 Å². The third-order valence-corrected chi connectivity index (χ3v) is 3.74. The topological polar surface area (TPSA) is 24.9 Å². The van der Waals surface area contributed by atoms with Crippen LogP contribution in [-0.4, -0.2) is 4.98 Å². The molecule has 2 aromatic rings. The molecule has 0 amide bonds. The Bertz CT molecular complexity index is 515. The number of aryl methyl sites for hydroxylation is 1. The molecule has 0 fully saturated rings. The Morgan fingerprint density at radius 1 is 1.24 bits per heavy atom. The Labute approximate surface area is 107 Å². The van der Waals surface area contributed by atoms with E-state index in [-0.39, 0.29) is 0 Å². The fraction of sp³-hybridized carbons (Fsp3) is 0.357.